The molecule has 0 saturated carbocycles. The Kier molecular flexibility index (Phi) is 9.91. The summed E-state index contributed by atoms with van der Waals surface area (Å²) in [6.45, 7) is 11.3. The number of aliphatic hydroxyl groups excluding tert-OH is 1. The van der Waals surface area contributed by atoms with E-state index in [1.165, 1.54) is 0 Å². The molecule has 0 aromatic heterocycles. The average molecular weight is 368 g/mol. The Balaban J connectivity index is 0.00000176. The van der Waals surface area contributed by atoms with Crippen LogP contribution in [0.4, 0.5) is 11.4 Å². The SMILES string of the molecule is C=C/C=C(\C=C/C)/C=C/C(=N)c1cc(N2CCC(O)CC2)ccc1N.CC. The first-order valence-electron chi connectivity index (χ1n) is 9.60. The quantitative estimate of drug-likeness (QED) is 0.381. The van der Waals surface area contributed by atoms with Gasteiger partial charge in [0.2, 0.25) is 0 Å². The van der Waals surface area contributed by atoms with Crippen molar-refractivity contribution in [3.63, 3.8) is 0 Å². The highest BCUT2D eigenvalue weighted by Gasteiger charge is 2.18. The van der Waals surface area contributed by atoms with E-state index in [1.54, 1.807) is 12.2 Å². The van der Waals surface area contributed by atoms with Crippen LogP contribution in [0.3, 0.4) is 0 Å². The summed E-state index contributed by atoms with van der Waals surface area (Å²) in [6, 6.07) is 5.80. The summed E-state index contributed by atoms with van der Waals surface area (Å²) in [5.41, 5.74) is 9.79. The Labute approximate surface area is 163 Å². The Hall–Kier alpha value is -2.59. The van der Waals surface area contributed by atoms with Crippen molar-refractivity contribution in [3.05, 3.63) is 72.4 Å². The minimum atomic E-state index is -0.201. The third-order valence-corrected chi connectivity index (χ3v) is 4.27. The lowest BCUT2D eigenvalue weighted by atomic mass is 10.0. The van der Waals surface area contributed by atoms with Gasteiger partial charge in [0, 0.05) is 30.0 Å². The first-order valence-corrected chi connectivity index (χ1v) is 9.60. The van der Waals surface area contributed by atoms with Crippen molar-refractivity contribution in [1.29, 1.82) is 5.41 Å². The molecule has 27 heavy (non-hydrogen) atoms. The molecule has 1 fully saturated rings. The molecule has 0 spiro atoms. The number of piperidine rings is 1. The molecule has 0 amide bonds. The van der Waals surface area contributed by atoms with Crippen molar-refractivity contribution in [3.8, 4) is 0 Å². The fourth-order valence-corrected chi connectivity index (χ4v) is 2.86. The van der Waals surface area contributed by atoms with Gasteiger partial charge in [0.1, 0.15) is 0 Å². The maximum Gasteiger partial charge on any atom is 0.0633 e. The summed E-state index contributed by atoms with van der Waals surface area (Å²) in [6.07, 6.45) is 12.5. The molecule has 4 nitrogen and oxygen atoms in total. The molecule has 146 valence electrons. The molecular weight excluding hydrogens is 334 g/mol. The van der Waals surface area contributed by atoms with Crippen LogP contribution in [-0.4, -0.2) is 30.0 Å². The molecular formula is C23H33N3O. The van der Waals surface area contributed by atoms with Crippen LogP contribution in [0.1, 0.15) is 39.2 Å². The lowest BCUT2D eigenvalue weighted by molar-refractivity contribution is 0.145. The molecule has 1 aliphatic heterocycles. The lowest BCUT2D eigenvalue weighted by Gasteiger charge is -2.31. The fourth-order valence-electron chi connectivity index (χ4n) is 2.86. The van der Waals surface area contributed by atoms with E-state index < -0.39 is 0 Å². The molecule has 1 aromatic carbocycles. The van der Waals surface area contributed by atoms with Crippen molar-refractivity contribution in [1.82, 2.24) is 0 Å². The number of benzene rings is 1. The van der Waals surface area contributed by atoms with E-state index in [0.717, 1.165) is 42.8 Å². The molecule has 1 aromatic rings. The zero-order valence-electron chi connectivity index (χ0n) is 16.8. The molecule has 1 saturated heterocycles. The number of hydrogen-bond donors (Lipinski definition) is 3. The first-order chi connectivity index (χ1) is 13.0. The number of allylic oxidation sites excluding steroid dienone is 7. The van der Waals surface area contributed by atoms with Gasteiger partial charge in [-0.25, -0.2) is 0 Å². The van der Waals surface area contributed by atoms with Crippen LogP contribution in [-0.2, 0) is 0 Å². The second-order valence-electron chi connectivity index (χ2n) is 6.14. The van der Waals surface area contributed by atoms with Crippen LogP contribution >= 0.6 is 0 Å². The number of anilines is 2. The number of hydrogen-bond acceptors (Lipinski definition) is 4. The normalized spacial score (nSPS) is 15.7. The minimum Gasteiger partial charge on any atom is -0.398 e. The second kappa shape index (κ2) is 11.9. The van der Waals surface area contributed by atoms with Crippen LogP contribution in [0.2, 0.25) is 0 Å². The standard InChI is InChI=1S/C21H27N3O.C2H6/c1-3-5-16(6-4-2)7-9-20(22)19-15-17(8-10-21(19)23)24-13-11-18(25)12-14-24;1-2/h3-10,15,18,22,25H,1,11-14,23H2,2H3;1-2H3/b6-4-,9-7+,16-5+,22-20?;. The average Bonchev–Trinajstić information content (AvgIpc) is 2.69. The van der Waals surface area contributed by atoms with Gasteiger partial charge in [-0.2, -0.15) is 0 Å². The van der Waals surface area contributed by atoms with Crippen LogP contribution < -0.4 is 10.6 Å². The summed E-state index contributed by atoms with van der Waals surface area (Å²) in [5, 5.41) is 18.0. The number of nitrogen functional groups attached to an aromatic ring is 1. The Morgan fingerprint density at radius 1 is 1.22 bits per heavy atom. The van der Waals surface area contributed by atoms with Crippen LogP contribution in [0.15, 0.2) is 66.8 Å². The van der Waals surface area contributed by atoms with Gasteiger partial charge in [-0.3, -0.25) is 0 Å². The molecule has 2 rings (SSSR count). The Morgan fingerprint density at radius 3 is 2.48 bits per heavy atom. The van der Waals surface area contributed by atoms with Crippen LogP contribution in [0.25, 0.3) is 0 Å². The minimum absolute atomic E-state index is 0.201. The van der Waals surface area contributed by atoms with Crippen molar-refractivity contribution in [2.24, 2.45) is 0 Å². The molecule has 0 bridgehead atoms. The lowest BCUT2D eigenvalue weighted by Crippen LogP contribution is -2.35. The molecule has 0 unspecified atom stereocenters. The highest BCUT2D eigenvalue weighted by molar-refractivity contribution is 6.10. The molecule has 0 radical (unpaired) electrons. The van der Waals surface area contributed by atoms with E-state index in [9.17, 15) is 5.11 Å². The zero-order chi connectivity index (χ0) is 20.2. The van der Waals surface area contributed by atoms with Gasteiger partial charge in [0.15, 0.2) is 0 Å². The van der Waals surface area contributed by atoms with Crippen molar-refractivity contribution >= 4 is 17.1 Å². The highest BCUT2D eigenvalue weighted by atomic mass is 16.3. The summed E-state index contributed by atoms with van der Waals surface area (Å²) >= 11 is 0. The van der Waals surface area contributed by atoms with E-state index in [-0.39, 0.29) is 6.10 Å². The van der Waals surface area contributed by atoms with E-state index in [4.69, 9.17) is 11.1 Å². The third kappa shape index (κ3) is 6.91. The summed E-state index contributed by atoms with van der Waals surface area (Å²) in [5.74, 6) is 0. The maximum atomic E-state index is 9.66. The maximum absolute atomic E-state index is 9.66. The van der Waals surface area contributed by atoms with Gasteiger partial charge in [0.25, 0.3) is 0 Å². The topological polar surface area (TPSA) is 73.3 Å². The number of nitrogens with two attached hydrogens (primary N) is 1. The van der Waals surface area contributed by atoms with E-state index in [1.807, 2.05) is 63.3 Å². The molecule has 1 aliphatic rings. The number of nitrogens with one attached hydrogen (secondary N) is 1. The number of rotatable bonds is 6. The summed E-state index contributed by atoms with van der Waals surface area (Å²) in [4.78, 5) is 2.23. The highest BCUT2D eigenvalue weighted by Crippen LogP contribution is 2.25. The molecule has 1 heterocycles. The summed E-state index contributed by atoms with van der Waals surface area (Å²) < 4.78 is 0. The predicted octanol–water partition coefficient (Wildman–Crippen LogP) is 4.87. The fraction of sp³-hybridized carbons (Fsp3) is 0.348. The number of aliphatic hydroxyl groups is 1. The smallest absolute Gasteiger partial charge is 0.0633 e. The largest absolute Gasteiger partial charge is 0.398 e. The van der Waals surface area contributed by atoms with Gasteiger partial charge in [-0.05, 0) is 49.6 Å². The van der Waals surface area contributed by atoms with Gasteiger partial charge >= 0.3 is 0 Å². The predicted molar refractivity (Wildman–Crippen MR) is 119 cm³/mol. The molecule has 0 aliphatic carbocycles. The molecule has 4 heteroatoms. The molecule has 0 atom stereocenters. The number of nitrogens with zero attached hydrogens (tertiary/aromatic N) is 1. The van der Waals surface area contributed by atoms with E-state index >= 15 is 0 Å². The Bertz CT molecular complexity index is 708. The van der Waals surface area contributed by atoms with Crippen molar-refractivity contribution < 1.29 is 5.11 Å². The van der Waals surface area contributed by atoms with E-state index in [0.29, 0.717) is 11.4 Å². The monoisotopic (exact) mass is 367 g/mol. The van der Waals surface area contributed by atoms with Crippen molar-refractivity contribution in [2.75, 3.05) is 23.7 Å². The van der Waals surface area contributed by atoms with Gasteiger partial charge in [0.05, 0.1) is 11.8 Å². The van der Waals surface area contributed by atoms with Gasteiger partial charge in [-0.15, -0.1) is 0 Å². The zero-order valence-corrected chi connectivity index (χ0v) is 16.8. The van der Waals surface area contributed by atoms with Crippen LogP contribution in [0, 0.1) is 5.41 Å². The second-order valence-corrected chi connectivity index (χ2v) is 6.14. The third-order valence-electron chi connectivity index (χ3n) is 4.27. The van der Waals surface area contributed by atoms with E-state index in [2.05, 4.69) is 11.5 Å². The Morgan fingerprint density at radius 2 is 1.89 bits per heavy atom. The van der Waals surface area contributed by atoms with Gasteiger partial charge in [-0.1, -0.05) is 50.8 Å². The first kappa shape index (κ1) is 22.5. The summed E-state index contributed by atoms with van der Waals surface area (Å²) in [7, 11) is 0. The molecule has 4 N–H and O–H groups in total. The van der Waals surface area contributed by atoms with Gasteiger partial charge < -0.3 is 21.1 Å². The van der Waals surface area contributed by atoms with Crippen molar-refractivity contribution in [2.45, 2.75) is 39.7 Å². The van der Waals surface area contributed by atoms with Crippen LogP contribution in [0.5, 0.6) is 0 Å².